The molecular formula is C22H30N2O6. The maximum atomic E-state index is 12.3. The van der Waals surface area contributed by atoms with Gasteiger partial charge in [0.05, 0.1) is 38.7 Å². The molecule has 1 saturated heterocycles. The Labute approximate surface area is 177 Å². The molecule has 1 aromatic rings. The molecule has 0 saturated carbocycles. The van der Waals surface area contributed by atoms with Gasteiger partial charge in [0.1, 0.15) is 5.75 Å². The zero-order valence-electron chi connectivity index (χ0n) is 17.7. The van der Waals surface area contributed by atoms with Crippen LogP contribution < -0.4 is 9.64 Å². The minimum Gasteiger partial charge on any atom is -0.491 e. The van der Waals surface area contributed by atoms with Gasteiger partial charge < -0.3 is 23.8 Å². The fraction of sp³-hybridized carbons (Fsp3) is 0.545. The van der Waals surface area contributed by atoms with Crippen molar-refractivity contribution in [2.45, 2.75) is 26.8 Å². The highest BCUT2D eigenvalue weighted by atomic mass is 16.6. The van der Waals surface area contributed by atoms with Gasteiger partial charge in [-0.15, -0.1) is 0 Å². The van der Waals surface area contributed by atoms with Crippen LogP contribution in [0.2, 0.25) is 0 Å². The molecule has 1 aromatic carbocycles. The zero-order chi connectivity index (χ0) is 21.3. The van der Waals surface area contributed by atoms with E-state index in [9.17, 15) is 9.59 Å². The Kier molecular flexibility index (Phi) is 8.10. The van der Waals surface area contributed by atoms with Crippen LogP contribution in [-0.4, -0.2) is 69.5 Å². The van der Waals surface area contributed by atoms with Gasteiger partial charge in [-0.3, -0.25) is 4.90 Å². The molecule has 3 rings (SSSR count). The first-order valence-corrected chi connectivity index (χ1v) is 10.5. The number of carbonyl (C=O) groups is 2. The number of morpholine rings is 1. The van der Waals surface area contributed by atoms with E-state index >= 15 is 0 Å². The van der Waals surface area contributed by atoms with Crippen LogP contribution in [0.3, 0.4) is 0 Å². The molecule has 0 aliphatic carbocycles. The monoisotopic (exact) mass is 418 g/mol. The van der Waals surface area contributed by atoms with Crippen LogP contribution in [0.25, 0.3) is 0 Å². The predicted molar refractivity (Wildman–Crippen MR) is 111 cm³/mol. The molecule has 2 aliphatic rings. The van der Waals surface area contributed by atoms with Gasteiger partial charge >= 0.3 is 11.9 Å². The lowest BCUT2D eigenvalue weighted by Gasteiger charge is -2.27. The van der Waals surface area contributed by atoms with Crippen LogP contribution in [0.1, 0.15) is 25.8 Å². The number of benzene rings is 1. The van der Waals surface area contributed by atoms with Crippen molar-refractivity contribution in [3.63, 3.8) is 0 Å². The van der Waals surface area contributed by atoms with E-state index in [4.69, 9.17) is 18.9 Å². The molecule has 2 aliphatic heterocycles. The molecule has 0 N–H and O–H groups in total. The highest BCUT2D eigenvalue weighted by Gasteiger charge is 2.25. The maximum Gasteiger partial charge on any atom is 0.347 e. The summed E-state index contributed by atoms with van der Waals surface area (Å²) in [5.74, 6) is -0.639. The molecule has 0 amide bonds. The van der Waals surface area contributed by atoms with Gasteiger partial charge in [-0.25, -0.2) is 9.59 Å². The summed E-state index contributed by atoms with van der Waals surface area (Å²) in [5.41, 5.74) is 1.84. The van der Waals surface area contributed by atoms with E-state index in [0.717, 1.165) is 56.3 Å². The minimum atomic E-state index is -0.688. The Bertz CT molecular complexity index is 753. The fourth-order valence-electron chi connectivity index (χ4n) is 3.46. The number of esters is 2. The average molecular weight is 418 g/mol. The molecule has 8 heteroatoms. The van der Waals surface area contributed by atoms with Crippen molar-refractivity contribution in [2.75, 3.05) is 57.6 Å². The summed E-state index contributed by atoms with van der Waals surface area (Å²) in [6.45, 7) is 9.09. The number of nitrogens with zero attached hydrogens (tertiary/aromatic N) is 2. The van der Waals surface area contributed by atoms with Gasteiger partial charge in [-0.2, -0.15) is 0 Å². The van der Waals surface area contributed by atoms with Crippen LogP contribution in [0.5, 0.6) is 5.75 Å². The van der Waals surface area contributed by atoms with Crippen LogP contribution in [0.4, 0.5) is 5.69 Å². The van der Waals surface area contributed by atoms with E-state index in [1.807, 2.05) is 17.0 Å². The number of ether oxygens (including phenoxy) is 4. The number of hydrogen-bond donors (Lipinski definition) is 0. The fourth-order valence-corrected chi connectivity index (χ4v) is 3.46. The quantitative estimate of drug-likeness (QED) is 0.288. The van der Waals surface area contributed by atoms with Crippen LogP contribution in [0, 0.1) is 0 Å². The Morgan fingerprint density at radius 2 is 1.73 bits per heavy atom. The summed E-state index contributed by atoms with van der Waals surface area (Å²) in [4.78, 5) is 28.9. The predicted octanol–water partition coefficient (Wildman–Crippen LogP) is 2.12. The minimum absolute atomic E-state index is 0.121. The standard InChI is InChI=1S/C22H30N2O6/c1-3-28-21(25)18(22(26)29-4-2)16-24-8-5-11-30-20-14-17(6-7-19(20)24)15-23-9-12-27-13-10-23/h6-7,14,16H,3-5,8-13,15H2,1-2H3. The van der Waals surface area contributed by atoms with E-state index in [-0.39, 0.29) is 18.8 Å². The normalized spacial score (nSPS) is 16.7. The van der Waals surface area contributed by atoms with Gasteiger partial charge in [-0.05, 0) is 38.0 Å². The lowest BCUT2D eigenvalue weighted by molar-refractivity contribution is -0.146. The van der Waals surface area contributed by atoms with E-state index in [1.54, 1.807) is 13.8 Å². The molecule has 2 heterocycles. The average Bonchev–Trinajstić information content (AvgIpc) is 2.94. The molecular weight excluding hydrogens is 388 g/mol. The van der Waals surface area contributed by atoms with Crippen molar-refractivity contribution in [2.24, 2.45) is 0 Å². The van der Waals surface area contributed by atoms with E-state index in [0.29, 0.717) is 13.2 Å². The van der Waals surface area contributed by atoms with Crippen molar-refractivity contribution < 1.29 is 28.5 Å². The summed E-state index contributed by atoms with van der Waals surface area (Å²) in [5, 5.41) is 0. The second kappa shape index (κ2) is 11.0. The molecule has 1 fully saturated rings. The van der Waals surface area contributed by atoms with Gasteiger partial charge in [-0.1, -0.05) is 6.07 Å². The molecule has 0 radical (unpaired) electrons. The van der Waals surface area contributed by atoms with E-state index in [2.05, 4.69) is 11.0 Å². The Balaban J connectivity index is 1.85. The van der Waals surface area contributed by atoms with Gasteiger partial charge in [0.15, 0.2) is 5.57 Å². The number of fused-ring (bicyclic) bond motifs is 1. The molecule has 164 valence electrons. The van der Waals surface area contributed by atoms with Crippen LogP contribution in [0.15, 0.2) is 30.0 Å². The molecule has 0 bridgehead atoms. The molecule has 0 atom stereocenters. The SMILES string of the molecule is CCOC(=O)C(=CN1CCCOc2cc(CN3CCOCC3)ccc21)C(=O)OCC. The van der Waals surface area contributed by atoms with Gasteiger partial charge in [0.25, 0.3) is 0 Å². The van der Waals surface area contributed by atoms with E-state index in [1.165, 1.54) is 6.20 Å². The topological polar surface area (TPSA) is 77.5 Å². The number of hydrogen-bond acceptors (Lipinski definition) is 8. The highest BCUT2D eigenvalue weighted by molar-refractivity contribution is 6.14. The molecule has 0 unspecified atom stereocenters. The van der Waals surface area contributed by atoms with Crippen molar-refractivity contribution in [3.05, 3.63) is 35.5 Å². The third-order valence-electron chi connectivity index (χ3n) is 4.92. The first-order chi connectivity index (χ1) is 14.6. The Hall–Kier alpha value is -2.58. The first-order valence-electron chi connectivity index (χ1n) is 10.5. The zero-order valence-corrected chi connectivity index (χ0v) is 17.7. The summed E-state index contributed by atoms with van der Waals surface area (Å²) < 4.78 is 21.5. The first kappa shape index (κ1) is 22.1. The van der Waals surface area contributed by atoms with Crippen LogP contribution >= 0.6 is 0 Å². The summed E-state index contributed by atoms with van der Waals surface area (Å²) in [7, 11) is 0. The maximum absolute atomic E-state index is 12.3. The van der Waals surface area contributed by atoms with Crippen molar-refractivity contribution in [1.29, 1.82) is 0 Å². The number of rotatable bonds is 7. The third-order valence-corrected chi connectivity index (χ3v) is 4.92. The molecule has 30 heavy (non-hydrogen) atoms. The van der Waals surface area contributed by atoms with Crippen molar-refractivity contribution in [3.8, 4) is 5.75 Å². The van der Waals surface area contributed by atoms with Crippen molar-refractivity contribution >= 4 is 17.6 Å². The summed E-state index contributed by atoms with van der Waals surface area (Å²) in [6, 6.07) is 6.06. The smallest absolute Gasteiger partial charge is 0.347 e. The van der Waals surface area contributed by atoms with Gasteiger partial charge in [0, 0.05) is 32.4 Å². The second-order valence-corrected chi connectivity index (χ2v) is 7.07. The number of anilines is 1. The largest absolute Gasteiger partial charge is 0.491 e. The Morgan fingerprint density at radius 1 is 1.03 bits per heavy atom. The molecule has 0 spiro atoms. The molecule has 8 nitrogen and oxygen atoms in total. The van der Waals surface area contributed by atoms with Gasteiger partial charge in [0.2, 0.25) is 0 Å². The molecule has 0 aromatic heterocycles. The summed E-state index contributed by atoms with van der Waals surface area (Å²) in [6.07, 6.45) is 2.27. The highest BCUT2D eigenvalue weighted by Crippen LogP contribution is 2.33. The van der Waals surface area contributed by atoms with E-state index < -0.39 is 11.9 Å². The Morgan fingerprint density at radius 3 is 2.40 bits per heavy atom. The van der Waals surface area contributed by atoms with Crippen molar-refractivity contribution in [1.82, 2.24) is 4.90 Å². The third kappa shape index (κ3) is 5.73. The second-order valence-electron chi connectivity index (χ2n) is 7.07. The lowest BCUT2D eigenvalue weighted by Crippen LogP contribution is -2.35. The summed E-state index contributed by atoms with van der Waals surface area (Å²) >= 11 is 0. The van der Waals surface area contributed by atoms with Crippen LogP contribution in [-0.2, 0) is 30.3 Å². The number of carbonyl (C=O) groups excluding carboxylic acids is 2. The lowest BCUT2D eigenvalue weighted by atomic mass is 10.1.